The van der Waals surface area contributed by atoms with Crippen molar-refractivity contribution in [1.82, 2.24) is 9.80 Å². The van der Waals surface area contributed by atoms with E-state index in [1.165, 1.54) is 24.3 Å². The lowest BCUT2D eigenvalue weighted by molar-refractivity contribution is -0.384. The number of rotatable bonds is 5. The van der Waals surface area contributed by atoms with Crippen LogP contribution >= 0.6 is 0 Å². The van der Waals surface area contributed by atoms with E-state index in [1.807, 2.05) is 24.3 Å². The van der Waals surface area contributed by atoms with E-state index in [2.05, 4.69) is 4.90 Å². The second-order valence-corrected chi connectivity index (χ2v) is 6.79. The molecule has 0 aromatic heterocycles. The predicted molar refractivity (Wildman–Crippen MR) is 113 cm³/mol. The van der Waals surface area contributed by atoms with Gasteiger partial charge in [-0.05, 0) is 18.2 Å². The number of carboxylic acid groups (broad SMARTS) is 2. The van der Waals surface area contributed by atoms with Crippen LogP contribution in [0.5, 0.6) is 5.75 Å². The zero-order chi connectivity index (χ0) is 23.7. The van der Waals surface area contributed by atoms with Gasteiger partial charge < -0.3 is 19.8 Å². The monoisotopic (exact) mass is 445 g/mol. The van der Waals surface area contributed by atoms with Crippen LogP contribution in [-0.2, 0) is 16.1 Å². The molecule has 170 valence electrons. The molecule has 0 aliphatic carbocycles. The van der Waals surface area contributed by atoms with Crippen molar-refractivity contribution in [3.05, 3.63) is 69.8 Å². The molecule has 1 aliphatic heterocycles. The van der Waals surface area contributed by atoms with Gasteiger partial charge in [0.15, 0.2) is 0 Å². The summed E-state index contributed by atoms with van der Waals surface area (Å²) in [6, 6.07) is 13.7. The van der Waals surface area contributed by atoms with Crippen molar-refractivity contribution in [2.24, 2.45) is 0 Å². The number of carboxylic acids is 2. The summed E-state index contributed by atoms with van der Waals surface area (Å²) in [6.07, 6.45) is 0. The Balaban J connectivity index is 0.000000534. The van der Waals surface area contributed by atoms with Crippen molar-refractivity contribution in [2.45, 2.75) is 6.54 Å². The highest BCUT2D eigenvalue weighted by Crippen LogP contribution is 2.20. The first-order chi connectivity index (χ1) is 15.2. The van der Waals surface area contributed by atoms with Gasteiger partial charge in [-0.15, -0.1) is 0 Å². The van der Waals surface area contributed by atoms with Crippen LogP contribution in [-0.4, -0.2) is 76.1 Å². The number of hydrogen-bond donors (Lipinski definition) is 2. The van der Waals surface area contributed by atoms with E-state index in [-0.39, 0.29) is 11.6 Å². The molecule has 11 heteroatoms. The van der Waals surface area contributed by atoms with E-state index >= 15 is 0 Å². The Bertz CT molecular complexity index is 957. The summed E-state index contributed by atoms with van der Waals surface area (Å²) >= 11 is 0. The van der Waals surface area contributed by atoms with Gasteiger partial charge in [-0.1, -0.05) is 18.2 Å². The molecule has 0 spiro atoms. The number of aliphatic carboxylic acids is 2. The molecular formula is C21H23N3O8. The van der Waals surface area contributed by atoms with E-state index in [4.69, 9.17) is 24.5 Å². The smallest absolute Gasteiger partial charge is 0.414 e. The van der Waals surface area contributed by atoms with Crippen molar-refractivity contribution in [3.8, 4) is 5.75 Å². The highest BCUT2D eigenvalue weighted by atomic mass is 16.6. The SMILES string of the molecule is COc1ccccc1CN1CCN(C(=O)c2ccc([N+](=O)[O-])cc2)CC1.O=C(O)C(=O)O. The summed E-state index contributed by atoms with van der Waals surface area (Å²) in [4.78, 5) is 45.1. The van der Waals surface area contributed by atoms with Crippen molar-refractivity contribution in [3.63, 3.8) is 0 Å². The lowest BCUT2D eigenvalue weighted by atomic mass is 10.1. The van der Waals surface area contributed by atoms with Crippen molar-refractivity contribution in [2.75, 3.05) is 33.3 Å². The van der Waals surface area contributed by atoms with Gasteiger partial charge in [-0.3, -0.25) is 19.8 Å². The van der Waals surface area contributed by atoms with Crippen LogP contribution in [0.25, 0.3) is 0 Å². The van der Waals surface area contributed by atoms with Gasteiger partial charge in [0.2, 0.25) is 0 Å². The fraction of sp³-hybridized carbons (Fsp3) is 0.286. The molecule has 0 unspecified atom stereocenters. The van der Waals surface area contributed by atoms with Gasteiger partial charge in [0, 0.05) is 56.0 Å². The topological polar surface area (TPSA) is 151 Å². The van der Waals surface area contributed by atoms with Crippen molar-refractivity contribution < 1.29 is 34.3 Å². The minimum Gasteiger partial charge on any atom is -0.496 e. The predicted octanol–water partition coefficient (Wildman–Crippen LogP) is 1.72. The standard InChI is InChI=1S/C19H21N3O4.C2H2O4/c1-26-18-5-3-2-4-16(18)14-20-10-12-21(13-11-20)19(23)15-6-8-17(9-7-15)22(24)25;3-1(4)2(5)6/h2-9H,10-14H2,1H3;(H,3,4)(H,5,6). The summed E-state index contributed by atoms with van der Waals surface area (Å²) in [5, 5.41) is 25.5. The van der Waals surface area contributed by atoms with E-state index in [0.29, 0.717) is 18.7 Å². The molecule has 3 rings (SSSR count). The first-order valence-electron chi connectivity index (χ1n) is 9.57. The zero-order valence-electron chi connectivity index (χ0n) is 17.3. The maximum atomic E-state index is 12.6. The Morgan fingerprint density at radius 3 is 2.03 bits per heavy atom. The Labute approximate surface area is 183 Å². The summed E-state index contributed by atoms with van der Waals surface area (Å²) < 4.78 is 5.39. The third-order valence-corrected chi connectivity index (χ3v) is 4.75. The van der Waals surface area contributed by atoms with Crippen LogP contribution in [0.15, 0.2) is 48.5 Å². The summed E-state index contributed by atoms with van der Waals surface area (Å²) in [6.45, 7) is 3.59. The lowest BCUT2D eigenvalue weighted by Crippen LogP contribution is -2.48. The van der Waals surface area contributed by atoms with Crippen LogP contribution < -0.4 is 4.74 Å². The number of carbonyl (C=O) groups excluding carboxylic acids is 1. The van der Waals surface area contributed by atoms with E-state index in [0.717, 1.165) is 30.9 Å². The molecule has 1 heterocycles. The Hall–Kier alpha value is -3.99. The molecule has 11 nitrogen and oxygen atoms in total. The van der Waals surface area contributed by atoms with Crippen LogP contribution in [0.1, 0.15) is 15.9 Å². The zero-order valence-corrected chi connectivity index (χ0v) is 17.3. The first-order valence-corrected chi connectivity index (χ1v) is 9.57. The molecule has 2 aromatic carbocycles. The normalized spacial score (nSPS) is 13.5. The number of hydrogen-bond acceptors (Lipinski definition) is 7. The molecular weight excluding hydrogens is 422 g/mol. The average Bonchev–Trinajstić information content (AvgIpc) is 2.80. The number of nitro groups is 1. The summed E-state index contributed by atoms with van der Waals surface area (Å²) in [5.41, 5.74) is 1.60. The molecule has 0 bridgehead atoms. The number of methoxy groups -OCH3 is 1. The van der Waals surface area contributed by atoms with Crippen LogP contribution in [0, 0.1) is 10.1 Å². The van der Waals surface area contributed by atoms with E-state index < -0.39 is 16.9 Å². The number of nitro benzene ring substituents is 1. The van der Waals surface area contributed by atoms with Gasteiger partial charge in [0.1, 0.15) is 5.75 Å². The highest BCUT2D eigenvalue weighted by Gasteiger charge is 2.23. The average molecular weight is 445 g/mol. The molecule has 1 amide bonds. The number of amides is 1. The maximum Gasteiger partial charge on any atom is 0.414 e. The molecule has 1 saturated heterocycles. The van der Waals surface area contributed by atoms with E-state index in [9.17, 15) is 14.9 Å². The number of carbonyl (C=O) groups is 3. The number of non-ortho nitro benzene ring substituents is 1. The second kappa shape index (κ2) is 11.4. The summed E-state index contributed by atoms with van der Waals surface area (Å²) in [7, 11) is 1.67. The lowest BCUT2D eigenvalue weighted by Gasteiger charge is -2.35. The molecule has 0 saturated carbocycles. The fourth-order valence-corrected chi connectivity index (χ4v) is 3.09. The van der Waals surface area contributed by atoms with Gasteiger partial charge in [-0.25, -0.2) is 9.59 Å². The van der Waals surface area contributed by atoms with Crippen molar-refractivity contribution in [1.29, 1.82) is 0 Å². The Kier molecular flexibility index (Phi) is 8.66. The van der Waals surface area contributed by atoms with Gasteiger partial charge in [-0.2, -0.15) is 0 Å². The molecule has 32 heavy (non-hydrogen) atoms. The molecule has 0 radical (unpaired) electrons. The largest absolute Gasteiger partial charge is 0.496 e. The molecule has 1 fully saturated rings. The number of nitrogens with zero attached hydrogens (tertiary/aromatic N) is 3. The Morgan fingerprint density at radius 1 is 0.969 bits per heavy atom. The first kappa shape index (κ1) is 24.3. The molecule has 0 atom stereocenters. The van der Waals surface area contributed by atoms with Gasteiger partial charge in [0.25, 0.3) is 11.6 Å². The van der Waals surface area contributed by atoms with Crippen molar-refractivity contribution >= 4 is 23.5 Å². The van der Waals surface area contributed by atoms with Crippen LogP contribution in [0.2, 0.25) is 0 Å². The Morgan fingerprint density at radius 2 is 1.53 bits per heavy atom. The minimum absolute atomic E-state index is 0.0109. The van der Waals surface area contributed by atoms with Crippen LogP contribution in [0.3, 0.4) is 0 Å². The third kappa shape index (κ3) is 6.77. The summed E-state index contributed by atoms with van der Waals surface area (Å²) in [5.74, 6) is -2.86. The minimum atomic E-state index is -1.82. The molecule has 2 N–H and O–H groups in total. The highest BCUT2D eigenvalue weighted by molar-refractivity contribution is 6.27. The molecule has 2 aromatic rings. The number of para-hydroxylation sites is 1. The quantitative estimate of drug-likeness (QED) is 0.398. The number of benzene rings is 2. The third-order valence-electron chi connectivity index (χ3n) is 4.75. The van der Waals surface area contributed by atoms with E-state index in [1.54, 1.807) is 12.0 Å². The molecule has 1 aliphatic rings. The van der Waals surface area contributed by atoms with Crippen LogP contribution in [0.4, 0.5) is 5.69 Å². The fourth-order valence-electron chi connectivity index (χ4n) is 3.09. The van der Waals surface area contributed by atoms with Gasteiger partial charge >= 0.3 is 11.9 Å². The number of piperazine rings is 1. The number of ether oxygens (including phenoxy) is 1. The second-order valence-electron chi connectivity index (χ2n) is 6.79. The van der Waals surface area contributed by atoms with Gasteiger partial charge in [0.05, 0.1) is 12.0 Å². The maximum absolute atomic E-state index is 12.6.